The Hall–Kier alpha value is -1.31. The molecule has 0 heterocycles. The quantitative estimate of drug-likeness (QED) is 0.308. The highest BCUT2D eigenvalue weighted by atomic mass is 16.5. The third-order valence-electron chi connectivity index (χ3n) is 6.76. The van der Waals surface area contributed by atoms with Gasteiger partial charge in [-0.05, 0) is 68.9 Å². The topological polar surface area (TPSA) is 26.3 Å². The number of fused-ring (bicyclic) bond motifs is 1. The zero-order chi connectivity index (χ0) is 18.4. The largest absolute Gasteiger partial charge is 0.426 e. The molecule has 0 amide bonds. The molecule has 2 fully saturated rings. The monoisotopic (exact) mass is 356 g/mol. The molecule has 0 spiro atoms. The molecule has 144 valence electrons. The smallest absolute Gasteiger partial charge is 0.314 e. The second-order valence-corrected chi connectivity index (χ2v) is 8.79. The highest BCUT2D eigenvalue weighted by molar-refractivity contribution is 5.75. The molecule has 2 saturated carbocycles. The van der Waals surface area contributed by atoms with Crippen molar-refractivity contribution in [3.63, 3.8) is 0 Å². The number of hydrogen-bond acceptors (Lipinski definition) is 2. The van der Waals surface area contributed by atoms with Crippen molar-refractivity contribution in [1.29, 1.82) is 0 Å². The van der Waals surface area contributed by atoms with Crippen LogP contribution in [0, 0.1) is 30.6 Å². The van der Waals surface area contributed by atoms with E-state index in [-0.39, 0.29) is 11.9 Å². The van der Waals surface area contributed by atoms with Gasteiger partial charge in [0.1, 0.15) is 5.75 Å². The number of esters is 1. The van der Waals surface area contributed by atoms with E-state index in [9.17, 15) is 4.79 Å². The third-order valence-corrected chi connectivity index (χ3v) is 6.76. The van der Waals surface area contributed by atoms with E-state index in [1.807, 2.05) is 31.2 Å². The van der Waals surface area contributed by atoms with Crippen molar-refractivity contribution in [3.05, 3.63) is 29.8 Å². The van der Waals surface area contributed by atoms with Crippen LogP contribution in [-0.2, 0) is 4.79 Å². The first-order valence-corrected chi connectivity index (χ1v) is 10.9. The summed E-state index contributed by atoms with van der Waals surface area (Å²) < 4.78 is 5.65. The zero-order valence-electron chi connectivity index (χ0n) is 16.7. The van der Waals surface area contributed by atoms with Crippen LogP contribution >= 0.6 is 0 Å². The first kappa shape index (κ1) is 19.5. The van der Waals surface area contributed by atoms with Gasteiger partial charge in [-0.15, -0.1) is 0 Å². The van der Waals surface area contributed by atoms with Crippen molar-refractivity contribution in [1.82, 2.24) is 0 Å². The molecular formula is C24H36O2. The Morgan fingerprint density at radius 3 is 2.46 bits per heavy atom. The summed E-state index contributed by atoms with van der Waals surface area (Å²) in [6.07, 6.45) is 14.4. The fourth-order valence-electron chi connectivity index (χ4n) is 5.13. The first-order valence-electron chi connectivity index (χ1n) is 10.9. The fraction of sp³-hybridized carbons (Fsp3) is 0.708. The van der Waals surface area contributed by atoms with E-state index in [0.29, 0.717) is 5.75 Å². The maximum atomic E-state index is 12.6. The molecule has 26 heavy (non-hydrogen) atoms. The Bertz CT molecular complexity index is 562. The summed E-state index contributed by atoms with van der Waals surface area (Å²) in [7, 11) is 0. The molecule has 0 bridgehead atoms. The van der Waals surface area contributed by atoms with Crippen LogP contribution in [0.25, 0.3) is 0 Å². The lowest BCUT2D eigenvalue weighted by molar-refractivity contribution is -0.141. The number of rotatable bonds is 7. The SMILES string of the molecule is CCCCCCC1CCC2C[C@H](C(=O)Oc3ccc(C)cc3)CC[C@@H]2C1. The van der Waals surface area contributed by atoms with Crippen molar-refractivity contribution >= 4 is 5.97 Å². The molecule has 0 N–H and O–H groups in total. The van der Waals surface area contributed by atoms with Crippen LogP contribution in [0.1, 0.15) is 83.1 Å². The van der Waals surface area contributed by atoms with Crippen molar-refractivity contribution in [3.8, 4) is 5.75 Å². The average Bonchev–Trinajstić information content (AvgIpc) is 2.66. The van der Waals surface area contributed by atoms with Crippen LogP contribution in [0.2, 0.25) is 0 Å². The Balaban J connectivity index is 1.44. The van der Waals surface area contributed by atoms with Gasteiger partial charge in [-0.25, -0.2) is 0 Å². The van der Waals surface area contributed by atoms with Gasteiger partial charge in [0.25, 0.3) is 0 Å². The molecule has 1 aromatic carbocycles. The first-order chi connectivity index (χ1) is 12.7. The third kappa shape index (κ3) is 5.34. The van der Waals surface area contributed by atoms with Gasteiger partial charge in [-0.3, -0.25) is 4.79 Å². The van der Waals surface area contributed by atoms with Gasteiger partial charge in [0.2, 0.25) is 0 Å². The fourth-order valence-corrected chi connectivity index (χ4v) is 5.13. The maximum Gasteiger partial charge on any atom is 0.314 e. The van der Waals surface area contributed by atoms with E-state index in [0.717, 1.165) is 30.6 Å². The van der Waals surface area contributed by atoms with Gasteiger partial charge < -0.3 is 4.74 Å². The zero-order valence-corrected chi connectivity index (χ0v) is 16.7. The van der Waals surface area contributed by atoms with E-state index in [2.05, 4.69) is 6.92 Å². The molecule has 0 aliphatic heterocycles. The Kier molecular flexibility index (Phi) is 7.16. The highest BCUT2D eigenvalue weighted by Crippen LogP contribution is 2.46. The van der Waals surface area contributed by atoms with E-state index in [1.54, 1.807) is 0 Å². The van der Waals surface area contributed by atoms with Gasteiger partial charge in [-0.1, -0.05) is 63.1 Å². The molecule has 2 unspecified atom stereocenters. The normalized spacial score (nSPS) is 28.4. The summed E-state index contributed by atoms with van der Waals surface area (Å²) in [5.41, 5.74) is 1.19. The number of aryl methyl sites for hydroxylation is 1. The van der Waals surface area contributed by atoms with Crippen molar-refractivity contribution < 1.29 is 9.53 Å². The van der Waals surface area contributed by atoms with Gasteiger partial charge >= 0.3 is 5.97 Å². The maximum absolute atomic E-state index is 12.6. The van der Waals surface area contributed by atoms with Crippen molar-refractivity contribution in [2.45, 2.75) is 84.5 Å². The van der Waals surface area contributed by atoms with Gasteiger partial charge in [0.05, 0.1) is 5.92 Å². The van der Waals surface area contributed by atoms with Crippen LogP contribution < -0.4 is 4.74 Å². The van der Waals surface area contributed by atoms with E-state index in [4.69, 9.17) is 4.74 Å². The number of carbonyl (C=O) groups excluding carboxylic acids is 1. The summed E-state index contributed by atoms with van der Waals surface area (Å²) in [6, 6.07) is 7.81. The number of ether oxygens (including phenoxy) is 1. The highest BCUT2D eigenvalue weighted by Gasteiger charge is 2.38. The molecule has 4 atom stereocenters. The molecular weight excluding hydrogens is 320 g/mol. The molecule has 2 aliphatic rings. The van der Waals surface area contributed by atoms with Crippen LogP contribution in [0.4, 0.5) is 0 Å². The van der Waals surface area contributed by atoms with Crippen LogP contribution in [0.5, 0.6) is 5.75 Å². The lowest BCUT2D eigenvalue weighted by Gasteiger charge is -2.41. The second-order valence-electron chi connectivity index (χ2n) is 8.79. The predicted molar refractivity (Wildman–Crippen MR) is 107 cm³/mol. The van der Waals surface area contributed by atoms with Crippen molar-refractivity contribution in [2.24, 2.45) is 23.7 Å². The minimum Gasteiger partial charge on any atom is -0.426 e. The van der Waals surface area contributed by atoms with Crippen molar-refractivity contribution in [2.75, 3.05) is 0 Å². The minimum absolute atomic E-state index is 0.00556. The number of hydrogen-bond donors (Lipinski definition) is 0. The number of carbonyl (C=O) groups is 1. The van der Waals surface area contributed by atoms with E-state index < -0.39 is 0 Å². The van der Waals surface area contributed by atoms with Crippen LogP contribution in [0.3, 0.4) is 0 Å². The Labute approximate surface area is 159 Å². The lowest BCUT2D eigenvalue weighted by Crippen LogP contribution is -2.35. The molecule has 0 aromatic heterocycles. The number of benzene rings is 1. The van der Waals surface area contributed by atoms with Crippen LogP contribution in [-0.4, -0.2) is 5.97 Å². The summed E-state index contributed by atoms with van der Waals surface area (Å²) in [5.74, 6) is 3.37. The van der Waals surface area contributed by atoms with Gasteiger partial charge in [0.15, 0.2) is 0 Å². The Morgan fingerprint density at radius 1 is 0.962 bits per heavy atom. The molecule has 2 heteroatoms. The molecule has 1 aromatic rings. The molecule has 2 nitrogen and oxygen atoms in total. The summed E-state index contributed by atoms with van der Waals surface area (Å²) in [6.45, 7) is 4.33. The van der Waals surface area contributed by atoms with Crippen LogP contribution in [0.15, 0.2) is 24.3 Å². The summed E-state index contributed by atoms with van der Waals surface area (Å²) >= 11 is 0. The standard InChI is InChI=1S/C24H36O2/c1-3-4-5-6-7-19-10-11-21-17-22(13-12-20(21)16-19)24(25)26-23-14-8-18(2)9-15-23/h8-9,14-15,19-22H,3-7,10-13,16-17H2,1-2H3/t19?,20-,21?,22-/m1/s1. The average molecular weight is 357 g/mol. The summed E-state index contributed by atoms with van der Waals surface area (Å²) in [4.78, 5) is 12.6. The number of unbranched alkanes of at least 4 members (excludes halogenated alkanes) is 3. The Morgan fingerprint density at radius 2 is 1.69 bits per heavy atom. The van der Waals surface area contributed by atoms with Gasteiger partial charge in [-0.2, -0.15) is 0 Å². The molecule has 0 radical (unpaired) electrons. The molecule has 0 saturated heterocycles. The van der Waals surface area contributed by atoms with E-state index in [1.165, 1.54) is 63.4 Å². The minimum atomic E-state index is -0.00556. The predicted octanol–water partition coefficient (Wildman–Crippen LogP) is 6.70. The van der Waals surface area contributed by atoms with Gasteiger partial charge in [0, 0.05) is 0 Å². The second kappa shape index (κ2) is 9.58. The molecule has 3 rings (SSSR count). The summed E-state index contributed by atoms with van der Waals surface area (Å²) in [5, 5.41) is 0. The lowest BCUT2D eigenvalue weighted by atomic mass is 9.64. The van der Waals surface area contributed by atoms with E-state index >= 15 is 0 Å². The molecule has 2 aliphatic carbocycles.